The molecular formula is C29H33FN6O3S. The maximum absolute atomic E-state index is 13.4. The average Bonchev–Trinajstić information content (AvgIpc) is 3.62. The number of imidazole rings is 1. The summed E-state index contributed by atoms with van der Waals surface area (Å²) in [6, 6.07) is 12.1. The lowest BCUT2D eigenvalue weighted by Gasteiger charge is -2.34. The second-order valence-electron chi connectivity index (χ2n) is 9.82. The number of ether oxygens (including phenoxy) is 1. The summed E-state index contributed by atoms with van der Waals surface area (Å²) in [5.41, 5.74) is 3.79. The largest absolute Gasteiger partial charge is 0.497 e. The molecular weight excluding hydrogens is 531 g/mol. The molecule has 2 aromatic heterocycles. The molecule has 0 spiro atoms. The van der Waals surface area contributed by atoms with Crippen LogP contribution in [-0.4, -0.2) is 62.1 Å². The van der Waals surface area contributed by atoms with Gasteiger partial charge in [-0.1, -0.05) is 18.2 Å². The molecule has 0 unspecified atom stereocenters. The SMILES string of the molecule is COc1ccc(CNc2ncc(CN3CCN(Cc4cncn4[C@H](C)c4ccc(F)cc4)CC3=O)s2)c(CO)c1. The second kappa shape index (κ2) is 12.6. The van der Waals surface area contributed by atoms with Crippen molar-refractivity contribution in [2.75, 3.05) is 32.1 Å². The van der Waals surface area contributed by atoms with Crippen LogP contribution in [0.25, 0.3) is 0 Å². The fraction of sp³-hybridized carbons (Fsp3) is 0.345. The Morgan fingerprint density at radius 3 is 2.70 bits per heavy atom. The molecule has 2 aromatic carbocycles. The third kappa shape index (κ3) is 6.49. The zero-order valence-corrected chi connectivity index (χ0v) is 23.4. The maximum atomic E-state index is 13.4. The Morgan fingerprint density at radius 2 is 1.95 bits per heavy atom. The normalized spacial score (nSPS) is 14.9. The van der Waals surface area contributed by atoms with Crippen LogP contribution in [0.4, 0.5) is 9.52 Å². The number of aliphatic hydroxyl groups is 1. The van der Waals surface area contributed by atoms with Gasteiger partial charge in [0.15, 0.2) is 5.13 Å². The molecule has 9 nitrogen and oxygen atoms in total. The number of piperazine rings is 1. The Balaban J connectivity index is 1.13. The van der Waals surface area contributed by atoms with Gasteiger partial charge in [-0.2, -0.15) is 0 Å². The minimum Gasteiger partial charge on any atom is -0.497 e. The van der Waals surface area contributed by atoms with Crippen molar-refractivity contribution in [2.24, 2.45) is 0 Å². The van der Waals surface area contributed by atoms with Crippen LogP contribution in [-0.2, 0) is 31.0 Å². The van der Waals surface area contributed by atoms with E-state index in [1.807, 2.05) is 35.5 Å². The van der Waals surface area contributed by atoms with E-state index in [0.29, 0.717) is 38.5 Å². The number of hydrogen-bond acceptors (Lipinski definition) is 8. The van der Waals surface area contributed by atoms with Crippen molar-refractivity contribution < 1.29 is 19.0 Å². The minimum absolute atomic E-state index is 0.00386. The number of hydrogen-bond donors (Lipinski definition) is 2. The molecule has 1 fully saturated rings. The Bertz CT molecular complexity index is 1440. The van der Waals surface area contributed by atoms with Crippen LogP contribution in [0.3, 0.4) is 0 Å². The highest BCUT2D eigenvalue weighted by Crippen LogP contribution is 2.25. The number of aromatic nitrogens is 3. The van der Waals surface area contributed by atoms with Crippen molar-refractivity contribution in [3.63, 3.8) is 0 Å². The smallest absolute Gasteiger partial charge is 0.237 e. The molecule has 3 heterocycles. The predicted molar refractivity (Wildman–Crippen MR) is 151 cm³/mol. The molecule has 1 atom stereocenters. The van der Waals surface area contributed by atoms with Crippen molar-refractivity contribution in [1.82, 2.24) is 24.3 Å². The lowest BCUT2D eigenvalue weighted by molar-refractivity contribution is -0.136. The molecule has 5 rings (SSSR count). The van der Waals surface area contributed by atoms with Gasteiger partial charge in [0.05, 0.1) is 44.9 Å². The highest BCUT2D eigenvalue weighted by Gasteiger charge is 2.26. The number of benzene rings is 2. The van der Waals surface area contributed by atoms with Crippen LogP contribution in [0.15, 0.2) is 61.2 Å². The van der Waals surface area contributed by atoms with E-state index in [2.05, 4.69) is 31.7 Å². The summed E-state index contributed by atoms with van der Waals surface area (Å²) in [6.45, 7) is 5.38. The van der Waals surface area contributed by atoms with Crippen molar-refractivity contribution in [3.8, 4) is 5.75 Å². The molecule has 11 heteroatoms. The molecule has 4 aromatic rings. The first-order chi connectivity index (χ1) is 19.4. The van der Waals surface area contributed by atoms with Gasteiger partial charge in [-0.3, -0.25) is 9.69 Å². The molecule has 0 saturated carbocycles. The van der Waals surface area contributed by atoms with Gasteiger partial charge < -0.3 is 24.6 Å². The Labute approximate surface area is 236 Å². The number of nitrogens with zero attached hydrogens (tertiary/aromatic N) is 5. The summed E-state index contributed by atoms with van der Waals surface area (Å²) >= 11 is 1.53. The van der Waals surface area contributed by atoms with Gasteiger partial charge in [-0.25, -0.2) is 14.4 Å². The minimum atomic E-state index is -0.255. The summed E-state index contributed by atoms with van der Waals surface area (Å²) in [5, 5.41) is 13.8. The van der Waals surface area contributed by atoms with E-state index in [4.69, 9.17) is 4.74 Å². The Morgan fingerprint density at radius 1 is 1.12 bits per heavy atom. The number of methoxy groups -OCH3 is 1. The predicted octanol–water partition coefficient (Wildman–Crippen LogP) is 4.05. The zero-order valence-electron chi connectivity index (χ0n) is 22.6. The molecule has 210 valence electrons. The number of anilines is 1. The number of carbonyl (C=O) groups excluding carboxylic acids is 1. The van der Waals surface area contributed by atoms with Gasteiger partial charge in [0, 0.05) is 43.4 Å². The fourth-order valence-corrected chi connectivity index (χ4v) is 5.69. The van der Waals surface area contributed by atoms with Gasteiger partial charge >= 0.3 is 0 Å². The van der Waals surface area contributed by atoms with E-state index >= 15 is 0 Å². The van der Waals surface area contributed by atoms with Crippen LogP contribution in [0.2, 0.25) is 0 Å². The quantitative estimate of drug-likeness (QED) is 0.284. The molecule has 1 aliphatic heterocycles. The topological polar surface area (TPSA) is 95.8 Å². The first-order valence-electron chi connectivity index (χ1n) is 13.1. The molecule has 1 amide bonds. The summed E-state index contributed by atoms with van der Waals surface area (Å²) in [4.78, 5) is 26.8. The number of aliphatic hydroxyl groups excluding tert-OH is 1. The third-order valence-electron chi connectivity index (χ3n) is 7.21. The summed E-state index contributed by atoms with van der Waals surface area (Å²) < 4.78 is 20.7. The van der Waals surface area contributed by atoms with Gasteiger partial charge in [0.25, 0.3) is 0 Å². The fourth-order valence-electron chi connectivity index (χ4n) is 4.86. The van der Waals surface area contributed by atoms with Crippen molar-refractivity contribution in [1.29, 1.82) is 0 Å². The van der Waals surface area contributed by atoms with Gasteiger partial charge in [0.1, 0.15) is 11.6 Å². The third-order valence-corrected chi connectivity index (χ3v) is 8.15. The summed E-state index contributed by atoms with van der Waals surface area (Å²) in [7, 11) is 1.60. The van der Waals surface area contributed by atoms with E-state index in [1.165, 1.54) is 23.5 Å². The van der Waals surface area contributed by atoms with Gasteiger partial charge in [-0.15, -0.1) is 11.3 Å². The molecule has 40 heavy (non-hydrogen) atoms. The number of halogens is 1. The first-order valence-corrected chi connectivity index (χ1v) is 14.0. The maximum Gasteiger partial charge on any atom is 0.237 e. The Hall–Kier alpha value is -3.80. The summed E-state index contributed by atoms with van der Waals surface area (Å²) in [6.07, 6.45) is 5.43. The van der Waals surface area contributed by atoms with Crippen LogP contribution < -0.4 is 10.1 Å². The standard InChI is InChI=1S/C29H33FN6O3S/c1-20(21-3-6-24(30)7-4-21)36-19-31-13-25(36)15-34-9-10-35(28(38)17-34)16-27-14-33-29(40-27)32-12-22-5-8-26(39-2)11-23(22)18-37/h3-8,11,13-14,19-20,37H,9-10,12,15-18H2,1-2H3,(H,32,33)/t20-/m1/s1. The molecule has 0 radical (unpaired) electrons. The second-order valence-corrected chi connectivity index (χ2v) is 10.9. The van der Waals surface area contributed by atoms with Crippen molar-refractivity contribution >= 4 is 22.4 Å². The number of carbonyl (C=O) groups is 1. The van der Waals surface area contributed by atoms with Crippen LogP contribution >= 0.6 is 11.3 Å². The molecule has 0 bridgehead atoms. The average molecular weight is 565 g/mol. The van der Waals surface area contributed by atoms with Crippen molar-refractivity contribution in [2.45, 2.75) is 39.2 Å². The zero-order chi connectivity index (χ0) is 28.1. The van der Waals surface area contributed by atoms with Crippen LogP contribution in [0, 0.1) is 5.82 Å². The molecule has 1 aliphatic rings. The lowest BCUT2D eigenvalue weighted by Crippen LogP contribution is -2.49. The first kappa shape index (κ1) is 27.8. The van der Waals surface area contributed by atoms with E-state index in [9.17, 15) is 14.3 Å². The number of thiazole rings is 1. The lowest BCUT2D eigenvalue weighted by atomic mass is 10.1. The van der Waals surface area contributed by atoms with Crippen LogP contribution in [0.5, 0.6) is 5.75 Å². The van der Waals surface area contributed by atoms with Gasteiger partial charge in [-0.05, 0) is 47.9 Å². The van der Waals surface area contributed by atoms with E-state index < -0.39 is 0 Å². The summed E-state index contributed by atoms with van der Waals surface area (Å²) in [5.74, 6) is 0.533. The number of amides is 1. The monoisotopic (exact) mass is 564 g/mol. The number of rotatable bonds is 11. The molecule has 0 aliphatic carbocycles. The van der Waals surface area contributed by atoms with E-state index in [1.54, 1.807) is 25.6 Å². The number of nitrogens with one attached hydrogen (secondary N) is 1. The van der Waals surface area contributed by atoms with Crippen LogP contribution in [0.1, 0.15) is 40.2 Å². The highest BCUT2D eigenvalue weighted by molar-refractivity contribution is 7.15. The van der Waals surface area contributed by atoms with E-state index in [-0.39, 0.29) is 24.4 Å². The highest BCUT2D eigenvalue weighted by atomic mass is 32.1. The van der Waals surface area contributed by atoms with E-state index in [0.717, 1.165) is 38.9 Å². The molecule has 2 N–H and O–H groups in total. The Kier molecular flexibility index (Phi) is 8.73. The van der Waals surface area contributed by atoms with Gasteiger partial charge in [0.2, 0.25) is 5.91 Å². The molecule has 1 saturated heterocycles. The van der Waals surface area contributed by atoms with Crippen molar-refractivity contribution in [3.05, 3.63) is 94.3 Å².